The molecule has 1 rings (SSSR count). The molecule has 0 saturated carbocycles. The number of para-hydroxylation sites is 1. The summed E-state index contributed by atoms with van der Waals surface area (Å²) in [5.41, 5.74) is 1.28. The van der Waals surface area contributed by atoms with Gasteiger partial charge in [0.1, 0.15) is 0 Å². The zero-order chi connectivity index (χ0) is 13.4. The Labute approximate surface area is 112 Å². The average molecular weight is 246 g/mol. The summed E-state index contributed by atoms with van der Waals surface area (Å²) in [4.78, 5) is 2.42. The molecule has 18 heavy (non-hydrogen) atoms. The van der Waals surface area contributed by atoms with Gasteiger partial charge in [-0.05, 0) is 32.4 Å². The van der Waals surface area contributed by atoms with E-state index in [9.17, 15) is 0 Å². The number of nitrogens with one attached hydrogen (secondary N) is 1. The zero-order valence-electron chi connectivity index (χ0n) is 11.9. The molecule has 0 aromatic heterocycles. The van der Waals surface area contributed by atoms with Crippen LogP contribution in [0.15, 0.2) is 43.0 Å². The Morgan fingerprint density at radius 1 is 1.28 bits per heavy atom. The molecule has 0 bridgehead atoms. The third kappa shape index (κ3) is 4.53. The van der Waals surface area contributed by atoms with Crippen LogP contribution in [0.4, 0.5) is 5.69 Å². The average Bonchev–Trinajstić information content (AvgIpc) is 2.40. The van der Waals surface area contributed by atoms with Crippen molar-refractivity contribution in [3.63, 3.8) is 0 Å². The first-order valence-corrected chi connectivity index (χ1v) is 6.89. The Morgan fingerprint density at radius 3 is 2.50 bits per heavy atom. The van der Waals surface area contributed by atoms with Crippen molar-refractivity contribution in [1.29, 1.82) is 0 Å². The van der Waals surface area contributed by atoms with E-state index in [4.69, 9.17) is 0 Å². The fraction of sp³-hybridized carbons (Fsp3) is 0.500. The van der Waals surface area contributed by atoms with Crippen molar-refractivity contribution in [1.82, 2.24) is 5.32 Å². The molecule has 0 saturated heterocycles. The predicted molar refractivity (Wildman–Crippen MR) is 81.0 cm³/mol. The van der Waals surface area contributed by atoms with E-state index in [1.165, 1.54) is 18.5 Å². The van der Waals surface area contributed by atoms with Gasteiger partial charge in [0.25, 0.3) is 0 Å². The Balaban J connectivity index is 2.74. The van der Waals surface area contributed by atoms with Gasteiger partial charge in [-0.1, -0.05) is 37.6 Å². The van der Waals surface area contributed by atoms with Gasteiger partial charge in [-0.15, -0.1) is 6.58 Å². The Morgan fingerprint density at radius 2 is 1.94 bits per heavy atom. The van der Waals surface area contributed by atoms with E-state index in [1.807, 2.05) is 6.08 Å². The number of nitrogens with zero attached hydrogens (tertiary/aromatic N) is 1. The molecule has 100 valence electrons. The first-order chi connectivity index (χ1) is 8.69. The SMILES string of the molecule is C=CC(C)NC(C)N(CCCC)c1ccccc1. The fourth-order valence-corrected chi connectivity index (χ4v) is 2.03. The quantitative estimate of drug-likeness (QED) is 0.554. The maximum atomic E-state index is 3.83. The molecule has 0 fully saturated rings. The van der Waals surface area contributed by atoms with Crippen LogP contribution in [0.25, 0.3) is 0 Å². The van der Waals surface area contributed by atoms with Crippen molar-refractivity contribution >= 4 is 5.69 Å². The molecule has 1 N–H and O–H groups in total. The normalized spacial score (nSPS) is 13.9. The predicted octanol–water partition coefficient (Wildman–Crippen LogP) is 3.80. The van der Waals surface area contributed by atoms with Crippen LogP contribution in [0.1, 0.15) is 33.6 Å². The van der Waals surface area contributed by atoms with Crippen molar-refractivity contribution in [3.05, 3.63) is 43.0 Å². The van der Waals surface area contributed by atoms with Gasteiger partial charge in [-0.3, -0.25) is 5.32 Å². The van der Waals surface area contributed by atoms with Crippen molar-refractivity contribution in [2.75, 3.05) is 11.4 Å². The topological polar surface area (TPSA) is 15.3 Å². The van der Waals surface area contributed by atoms with Crippen molar-refractivity contribution < 1.29 is 0 Å². The molecule has 0 heterocycles. The van der Waals surface area contributed by atoms with Crippen LogP contribution in [0.2, 0.25) is 0 Å². The fourth-order valence-electron chi connectivity index (χ4n) is 2.03. The first kappa shape index (κ1) is 14.8. The summed E-state index contributed by atoms with van der Waals surface area (Å²) in [5, 5.41) is 3.54. The Kier molecular flexibility index (Phi) is 6.51. The number of hydrogen-bond donors (Lipinski definition) is 1. The molecule has 2 unspecified atom stereocenters. The molecule has 2 atom stereocenters. The molecular weight excluding hydrogens is 220 g/mol. The van der Waals surface area contributed by atoms with Gasteiger partial charge >= 0.3 is 0 Å². The number of hydrogen-bond acceptors (Lipinski definition) is 2. The standard InChI is InChI=1S/C16H26N2/c1-5-7-13-18(15(4)17-14(3)6-2)16-11-9-8-10-12-16/h6,8-12,14-15,17H,2,5,7,13H2,1,3-4H3. The summed E-state index contributed by atoms with van der Waals surface area (Å²) >= 11 is 0. The third-order valence-electron chi connectivity index (χ3n) is 3.17. The van der Waals surface area contributed by atoms with Crippen LogP contribution in [0.3, 0.4) is 0 Å². The van der Waals surface area contributed by atoms with E-state index < -0.39 is 0 Å². The van der Waals surface area contributed by atoms with Crippen LogP contribution >= 0.6 is 0 Å². The summed E-state index contributed by atoms with van der Waals surface area (Å²) in [7, 11) is 0. The molecule has 0 aliphatic carbocycles. The van der Waals surface area contributed by atoms with Crippen LogP contribution in [-0.2, 0) is 0 Å². The third-order valence-corrected chi connectivity index (χ3v) is 3.17. The minimum absolute atomic E-state index is 0.312. The van der Waals surface area contributed by atoms with Gasteiger partial charge in [0.05, 0.1) is 6.17 Å². The molecule has 0 aliphatic heterocycles. The van der Waals surface area contributed by atoms with Crippen LogP contribution in [-0.4, -0.2) is 18.8 Å². The highest BCUT2D eigenvalue weighted by atomic mass is 15.3. The van der Waals surface area contributed by atoms with E-state index in [0.717, 1.165) is 6.54 Å². The number of rotatable bonds is 8. The van der Waals surface area contributed by atoms with Gasteiger partial charge < -0.3 is 4.90 Å². The molecular formula is C16H26N2. The van der Waals surface area contributed by atoms with Gasteiger partial charge in [-0.2, -0.15) is 0 Å². The minimum Gasteiger partial charge on any atom is -0.356 e. The number of anilines is 1. The second kappa shape index (κ2) is 7.93. The van der Waals surface area contributed by atoms with E-state index in [0.29, 0.717) is 12.2 Å². The van der Waals surface area contributed by atoms with Gasteiger partial charge in [0, 0.05) is 18.3 Å². The molecule has 2 nitrogen and oxygen atoms in total. The lowest BCUT2D eigenvalue weighted by molar-refractivity contribution is 0.483. The lowest BCUT2D eigenvalue weighted by Crippen LogP contribution is -2.47. The Hall–Kier alpha value is -1.28. The highest BCUT2D eigenvalue weighted by molar-refractivity contribution is 5.46. The second-order valence-corrected chi connectivity index (χ2v) is 4.75. The van der Waals surface area contributed by atoms with Crippen LogP contribution in [0.5, 0.6) is 0 Å². The smallest absolute Gasteiger partial charge is 0.0771 e. The Bertz CT molecular complexity index is 334. The summed E-state index contributed by atoms with van der Waals surface area (Å²) in [5.74, 6) is 0. The van der Waals surface area contributed by atoms with Gasteiger partial charge in [-0.25, -0.2) is 0 Å². The van der Waals surface area contributed by atoms with E-state index in [-0.39, 0.29) is 0 Å². The number of unbranched alkanes of at least 4 members (excludes halogenated alkanes) is 1. The van der Waals surface area contributed by atoms with Crippen molar-refractivity contribution in [3.8, 4) is 0 Å². The summed E-state index contributed by atoms with van der Waals surface area (Å²) < 4.78 is 0. The highest BCUT2D eigenvalue weighted by Gasteiger charge is 2.14. The zero-order valence-corrected chi connectivity index (χ0v) is 11.9. The summed E-state index contributed by atoms with van der Waals surface area (Å²) in [6.45, 7) is 11.5. The molecule has 0 radical (unpaired) electrons. The second-order valence-electron chi connectivity index (χ2n) is 4.75. The maximum absolute atomic E-state index is 3.83. The van der Waals surface area contributed by atoms with Crippen molar-refractivity contribution in [2.45, 2.75) is 45.8 Å². The van der Waals surface area contributed by atoms with E-state index in [1.54, 1.807) is 0 Å². The largest absolute Gasteiger partial charge is 0.356 e. The minimum atomic E-state index is 0.312. The van der Waals surface area contributed by atoms with Gasteiger partial charge in [0.2, 0.25) is 0 Å². The molecule has 0 aliphatic rings. The van der Waals surface area contributed by atoms with Crippen LogP contribution in [0, 0.1) is 0 Å². The maximum Gasteiger partial charge on any atom is 0.0771 e. The van der Waals surface area contributed by atoms with E-state index >= 15 is 0 Å². The first-order valence-electron chi connectivity index (χ1n) is 6.89. The monoisotopic (exact) mass is 246 g/mol. The molecule has 1 aromatic rings. The molecule has 0 spiro atoms. The number of benzene rings is 1. The van der Waals surface area contributed by atoms with Crippen molar-refractivity contribution in [2.24, 2.45) is 0 Å². The molecule has 1 aromatic carbocycles. The molecule has 0 amide bonds. The van der Waals surface area contributed by atoms with Crippen LogP contribution < -0.4 is 10.2 Å². The lowest BCUT2D eigenvalue weighted by atomic mass is 10.2. The van der Waals surface area contributed by atoms with Gasteiger partial charge in [0.15, 0.2) is 0 Å². The summed E-state index contributed by atoms with van der Waals surface area (Å²) in [6, 6.07) is 10.9. The molecule has 2 heteroatoms. The highest BCUT2D eigenvalue weighted by Crippen LogP contribution is 2.16. The summed E-state index contributed by atoms with van der Waals surface area (Å²) in [6.07, 6.45) is 4.68. The van der Waals surface area contributed by atoms with E-state index in [2.05, 4.69) is 67.9 Å². The lowest BCUT2D eigenvalue weighted by Gasteiger charge is -2.33.